The number of rotatable bonds is 9. The van der Waals surface area contributed by atoms with Gasteiger partial charge in [0.1, 0.15) is 23.3 Å². The van der Waals surface area contributed by atoms with E-state index in [-0.39, 0.29) is 18.4 Å². The lowest BCUT2D eigenvalue weighted by Crippen LogP contribution is -2.09. The fourth-order valence-corrected chi connectivity index (χ4v) is 2.69. The molecule has 1 heterocycles. The van der Waals surface area contributed by atoms with Gasteiger partial charge in [-0.25, -0.2) is 4.98 Å². The Balaban J connectivity index is 1.68. The number of hydrogen-bond acceptors (Lipinski definition) is 7. The quantitative estimate of drug-likeness (QED) is 0.500. The van der Waals surface area contributed by atoms with Crippen molar-refractivity contribution in [2.45, 2.75) is 0 Å². The summed E-state index contributed by atoms with van der Waals surface area (Å²) in [6, 6.07) is 17.5. The summed E-state index contributed by atoms with van der Waals surface area (Å²) in [5.41, 5.74) is 1.15. The number of amides is 1. The zero-order chi connectivity index (χ0) is 22.8. The van der Waals surface area contributed by atoms with Crippen molar-refractivity contribution in [3.63, 3.8) is 0 Å². The van der Waals surface area contributed by atoms with E-state index in [0.717, 1.165) is 5.56 Å². The normalized spacial score (nSPS) is 10.3. The molecular weight excluding hydrogens is 410 g/mol. The van der Waals surface area contributed by atoms with Crippen LogP contribution in [0.3, 0.4) is 0 Å². The second-order valence-corrected chi connectivity index (χ2v) is 6.31. The molecule has 1 N–H and O–H groups in total. The highest BCUT2D eigenvalue weighted by Crippen LogP contribution is 2.29. The molecule has 1 aromatic heterocycles. The van der Waals surface area contributed by atoms with E-state index in [1.807, 2.05) is 6.07 Å². The molecule has 0 fully saturated rings. The smallest absolute Gasteiger partial charge is 0.248 e. The first-order valence-electron chi connectivity index (χ1n) is 9.56. The van der Waals surface area contributed by atoms with E-state index in [1.54, 1.807) is 74.0 Å². The van der Waals surface area contributed by atoms with Gasteiger partial charge >= 0.3 is 0 Å². The highest BCUT2D eigenvalue weighted by Gasteiger charge is 2.09. The van der Waals surface area contributed by atoms with Crippen LogP contribution >= 0.6 is 0 Å². The van der Waals surface area contributed by atoms with Crippen molar-refractivity contribution in [2.24, 2.45) is 0 Å². The number of nitrogens with zero attached hydrogens (tertiary/aromatic N) is 2. The predicted octanol–water partition coefficient (Wildman–Crippen LogP) is 4.45. The molecule has 8 nitrogen and oxygen atoms in total. The van der Waals surface area contributed by atoms with E-state index < -0.39 is 0 Å². The molecule has 3 aromatic rings. The summed E-state index contributed by atoms with van der Waals surface area (Å²) in [7, 11) is 3.09. The number of methoxy groups -OCH3 is 2. The van der Waals surface area contributed by atoms with E-state index >= 15 is 0 Å². The van der Waals surface area contributed by atoms with Crippen LogP contribution in [0.15, 0.2) is 66.9 Å². The fourth-order valence-electron chi connectivity index (χ4n) is 2.69. The summed E-state index contributed by atoms with van der Waals surface area (Å²) in [5, 5.41) is 11.4. The molecule has 0 unspecified atom stereocenters. The van der Waals surface area contributed by atoms with Gasteiger partial charge in [-0.1, -0.05) is 6.07 Å². The molecule has 0 aliphatic heterocycles. The summed E-state index contributed by atoms with van der Waals surface area (Å²) in [6.07, 6.45) is 4.59. The van der Waals surface area contributed by atoms with Crippen molar-refractivity contribution in [3.8, 4) is 34.9 Å². The number of carbonyl (C=O) groups is 1. The van der Waals surface area contributed by atoms with Crippen molar-refractivity contribution in [1.29, 1.82) is 5.26 Å². The lowest BCUT2D eigenvalue weighted by molar-refractivity contribution is -0.111. The molecule has 162 valence electrons. The van der Waals surface area contributed by atoms with Gasteiger partial charge in [0.25, 0.3) is 0 Å². The zero-order valence-corrected chi connectivity index (χ0v) is 17.6. The van der Waals surface area contributed by atoms with Crippen LogP contribution in [0, 0.1) is 11.3 Å². The minimum Gasteiger partial charge on any atom is -0.497 e. The number of ether oxygens (including phenoxy) is 4. The Morgan fingerprint density at radius 2 is 1.84 bits per heavy atom. The van der Waals surface area contributed by atoms with Crippen molar-refractivity contribution in [2.75, 3.05) is 26.1 Å². The third-order valence-corrected chi connectivity index (χ3v) is 4.21. The molecule has 8 heteroatoms. The number of nitriles is 1. The van der Waals surface area contributed by atoms with E-state index in [2.05, 4.69) is 10.3 Å². The topological polar surface area (TPSA) is 103 Å². The minimum absolute atomic E-state index is 0.0833. The molecular formula is C24H21N3O5. The lowest BCUT2D eigenvalue weighted by atomic mass is 10.2. The zero-order valence-electron chi connectivity index (χ0n) is 17.6. The molecule has 3 rings (SSSR count). The van der Waals surface area contributed by atoms with Crippen molar-refractivity contribution < 1.29 is 23.7 Å². The molecule has 0 aliphatic rings. The first-order chi connectivity index (χ1) is 15.6. The summed E-state index contributed by atoms with van der Waals surface area (Å²) in [6.45, 7) is -0.0833. The van der Waals surface area contributed by atoms with E-state index in [4.69, 9.17) is 24.2 Å². The highest BCUT2D eigenvalue weighted by molar-refractivity contribution is 6.02. The SMILES string of the molecule is COc1ccc(Oc2ncccc2NC(=O)/C=C/c2ccc(OCC#N)c(OC)c2)cc1. The van der Waals surface area contributed by atoms with E-state index in [0.29, 0.717) is 28.7 Å². The second kappa shape index (κ2) is 11.0. The summed E-state index contributed by atoms with van der Waals surface area (Å²) in [5.74, 6) is 2.08. The molecule has 2 aromatic carbocycles. The average molecular weight is 431 g/mol. The van der Waals surface area contributed by atoms with Crippen LogP contribution in [0.2, 0.25) is 0 Å². The average Bonchev–Trinajstić information content (AvgIpc) is 2.83. The minimum atomic E-state index is -0.360. The number of benzene rings is 2. The Kier molecular flexibility index (Phi) is 7.65. The monoisotopic (exact) mass is 431 g/mol. The molecule has 0 saturated heterocycles. The van der Waals surface area contributed by atoms with Crippen molar-refractivity contribution in [1.82, 2.24) is 4.98 Å². The third kappa shape index (κ3) is 6.00. The van der Waals surface area contributed by atoms with E-state index in [9.17, 15) is 4.79 Å². The van der Waals surface area contributed by atoms with Crippen LogP contribution in [0.1, 0.15) is 5.56 Å². The number of nitrogens with one attached hydrogen (secondary N) is 1. The molecule has 0 radical (unpaired) electrons. The number of anilines is 1. The third-order valence-electron chi connectivity index (χ3n) is 4.21. The molecule has 32 heavy (non-hydrogen) atoms. The molecule has 0 spiro atoms. The van der Waals surface area contributed by atoms with Gasteiger partial charge < -0.3 is 24.3 Å². The van der Waals surface area contributed by atoms with Crippen molar-refractivity contribution in [3.05, 3.63) is 72.4 Å². The second-order valence-electron chi connectivity index (χ2n) is 6.31. The van der Waals surface area contributed by atoms with E-state index in [1.165, 1.54) is 13.2 Å². The van der Waals surface area contributed by atoms with Gasteiger partial charge in [-0.05, 0) is 60.2 Å². The number of hydrogen-bond donors (Lipinski definition) is 1. The number of pyridine rings is 1. The lowest BCUT2D eigenvalue weighted by Gasteiger charge is -2.10. The number of aromatic nitrogens is 1. The van der Waals surface area contributed by atoms with Crippen LogP contribution in [0.4, 0.5) is 5.69 Å². The highest BCUT2D eigenvalue weighted by atomic mass is 16.5. The number of carbonyl (C=O) groups excluding carboxylic acids is 1. The molecule has 0 aliphatic carbocycles. The first-order valence-corrected chi connectivity index (χ1v) is 9.56. The predicted molar refractivity (Wildman–Crippen MR) is 119 cm³/mol. The van der Waals surface area contributed by atoms with Gasteiger partial charge in [0.05, 0.1) is 14.2 Å². The Labute approximate surface area is 185 Å². The van der Waals surface area contributed by atoms with Gasteiger partial charge in [0.2, 0.25) is 11.8 Å². The van der Waals surface area contributed by atoms with Crippen LogP contribution in [-0.2, 0) is 4.79 Å². The first kappa shape index (κ1) is 22.2. The molecule has 0 saturated carbocycles. The maximum Gasteiger partial charge on any atom is 0.248 e. The molecule has 0 bridgehead atoms. The van der Waals surface area contributed by atoms with Gasteiger partial charge in [-0.15, -0.1) is 0 Å². The Bertz CT molecular complexity index is 1140. The largest absolute Gasteiger partial charge is 0.497 e. The maximum absolute atomic E-state index is 12.4. The van der Waals surface area contributed by atoms with Crippen LogP contribution in [-0.4, -0.2) is 31.7 Å². The van der Waals surface area contributed by atoms with Gasteiger partial charge in [-0.2, -0.15) is 5.26 Å². The van der Waals surface area contributed by atoms with Crippen molar-refractivity contribution >= 4 is 17.7 Å². The Morgan fingerprint density at radius 3 is 2.56 bits per heavy atom. The van der Waals surface area contributed by atoms with Gasteiger partial charge in [0.15, 0.2) is 18.1 Å². The molecule has 1 amide bonds. The Morgan fingerprint density at radius 1 is 1.06 bits per heavy atom. The summed E-state index contributed by atoms with van der Waals surface area (Å²) >= 11 is 0. The van der Waals surface area contributed by atoms with Crippen LogP contribution in [0.25, 0.3) is 6.08 Å². The van der Waals surface area contributed by atoms with Crippen LogP contribution < -0.4 is 24.3 Å². The fraction of sp³-hybridized carbons (Fsp3) is 0.125. The van der Waals surface area contributed by atoms with Crippen LogP contribution in [0.5, 0.6) is 28.9 Å². The van der Waals surface area contributed by atoms with Gasteiger partial charge in [0, 0.05) is 12.3 Å². The summed E-state index contributed by atoms with van der Waals surface area (Å²) in [4.78, 5) is 16.6. The summed E-state index contributed by atoms with van der Waals surface area (Å²) < 4.78 is 21.5. The van der Waals surface area contributed by atoms with Gasteiger partial charge in [-0.3, -0.25) is 4.79 Å². The maximum atomic E-state index is 12.4. The standard InChI is InChI=1S/C24H21N3O5/c1-29-18-7-9-19(10-8-18)32-24-20(4-3-14-26-24)27-23(28)12-6-17-5-11-21(31-15-13-25)22(16-17)30-2/h3-12,14,16H,15H2,1-2H3,(H,27,28)/b12-6+. The molecule has 0 atom stereocenters. The Hall–Kier alpha value is -4.51.